The Hall–Kier alpha value is -1.88. The van der Waals surface area contributed by atoms with E-state index < -0.39 is 12.0 Å². The van der Waals surface area contributed by atoms with Crippen molar-refractivity contribution in [2.45, 2.75) is 26.0 Å². The Morgan fingerprint density at radius 1 is 1.44 bits per heavy atom. The minimum absolute atomic E-state index is 0.346. The van der Waals surface area contributed by atoms with Gasteiger partial charge in [-0.1, -0.05) is 19.1 Å². The van der Waals surface area contributed by atoms with Crippen LogP contribution in [-0.2, 0) is 16.1 Å². The highest BCUT2D eigenvalue weighted by molar-refractivity contribution is 5.96. The van der Waals surface area contributed by atoms with Crippen LogP contribution >= 0.6 is 0 Å². The molecule has 1 atom stereocenters. The third-order valence-corrected chi connectivity index (χ3v) is 2.51. The first-order valence-corrected chi connectivity index (χ1v) is 5.70. The number of methoxy groups -OCH3 is 1. The zero-order valence-electron chi connectivity index (χ0n) is 10.5. The standard InChI is InChI=1S/C13H17NO4/c1-3-11(13(16)17)14-12(15)10-6-4-5-9(7-10)8-18-2/h4-7,11H,3,8H2,1-2H3,(H,14,15)(H,16,17)/t11-/m0/s1. The molecule has 2 N–H and O–H groups in total. The monoisotopic (exact) mass is 251 g/mol. The lowest BCUT2D eigenvalue weighted by Crippen LogP contribution is -2.40. The topological polar surface area (TPSA) is 75.6 Å². The van der Waals surface area contributed by atoms with Crippen LogP contribution in [-0.4, -0.2) is 30.1 Å². The maximum Gasteiger partial charge on any atom is 0.326 e. The van der Waals surface area contributed by atoms with Crippen LogP contribution < -0.4 is 5.32 Å². The molecule has 1 aromatic rings. The number of carbonyl (C=O) groups is 2. The molecule has 0 saturated carbocycles. The highest BCUT2D eigenvalue weighted by Crippen LogP contribution is 2.07. The number of hydrogen-bond acceptors (Lipinski definition) is 3. The molecule has 0 aliphatic heterocycles. The second-order valence-electron chi connectivity index (χ2n) is 3.91. The SMILES string of the molecule is CC[C@H](NC(=O)c1cccc(COC)c1)C(=O)O. The van der Waals surface area contributed by atoms with E-state index >= 15 is 0 Å². The summed E-state index contributed by atoms with van der Waals surface area (Å²) in [6, 6.07) is 6.06. The zero-order chi connectivity index (χ0) is 13.5. The second-order valence-corrected chi connectivity index (χ2v) is 3.91. The summed E-state index contributed by atoms with van der Waals surface area (Å²) in [7, 11) is 1.57. The van der Waals surface area contributed by atoms with Gasteiger partial charge in [0.1, 0.15) is 6.04 Å². The molecule has 1 aromatic carbocycles. The molecule has 0 fully saturated rings. The number of carboxylic acid groups (broad SMARTS) is 1. The van der Waals surface area contributed by atoms with Crippen molar-refractivity contribution in [2.75, 3.05) is 7.11 Å². The van der Waals surface area contributed by atoms with Crippen LogP contribution in [0.15, 0.2) is 24.3 Å². The highest BCUT2D eigenvalue weighted by Gasteiger charge is 2.18. The normalized spacial score (nSPS) is 11.9. The minimum atomic E-state index is -1.03. The van der Waals surface area contributed by atoms with Crippen molar-refractivity contribution < 1.29 is 19.4 Å². The molecule has 18 heavy (non-hydrogen) atoms. The number of hydrogen-bond donors (Lipinski definition) is 2. The van der Waals surface area contributed by atoms with Gasteiger partial charge < -0.3 is 15.2 Å². The molecule has 0 spiro atoms. The first-order valence-electron chi connectivity index (χ1n) is 5.70. The van der Waals surface area contributed by atoms with Gasteiger partial charge in [0, 0.05) is 12.7 Å². The fourth-order valence-electron chi connectivity index (χ4n) is 1.55. The van der Waals surface area contributed by atoms with Crippen molar-refractivity contribution in [3.63, 3.8) is 0 Å². The molecule has 0 aromatic heterocycles. The Labute approximate surface area is 106 Å². The number of nitrogens with one attached hydrogen (secondary N) is 1. The van der Waals surface area contributed by atoms with Crippen LogP contribution in [0.25, 0.3) is 0 Å². The predicted molar refractivity (Wildman–Crippen MR) is 66.3 cm³/mol. The molecule has 0 aliphatic rings. The van der Waals surface area contributed by atoms with E-state index in [1.807, 2.05) is 6.07 Å². The van der Waals surface area contributed by atoms with Gasteiger partial charge in [-0.05, 0) is 24.1 Å². The number of benzene rings is 1. The second kappa shape index (κ2) is 6.76. The molecule has 0 saturated heterocycles. The maximum atomic E-state index is 11.9. The van der Waals surface area contributed by atoms with Crippen molar-refractivity contribution >= 4 is 11.9 Å². The van der Waals surface area contributed by atoms with Gasteiger partial charge in [-0.25, -0.2) is 4.79 Å². The summed E-state index contributed by atoms with van der Waals surface area (Å²) >= 11 is 0. The van der Waals surface area contributed by atoms with E-state index in [1.54, 1.807) is 32.2 Å². The Morgan fingerprint density at radius 3 is 2.72 bits per heavy atom. The largest absolute Gasteiger partial charge is 0.480 e. The van der Waals surface area contributed by atoms with Gasteiger partial charge in [0.15, 0.2) is 0 Å². The summed E-state index contributed by atoms with van der Waals surface area (Å²) in [5.74, 6) is -1.42. The Bertz CT molecular complexity index is 431. The van der Waals surface area contributed by atoms with Crippen LogP contribution in [0, 0.1) is 0 Å². The summed E-state index contributed by atoms with van der Waals surface area (Å²) in [5, 5.41) is 11.3. The molecule has 1 amide bonds. The van der Waals surface area contributed by atoms with E-state index in [4.69, 9.17) is 9.84 Å². The summed E-state index contributed by atoms with van der Waals surface area (Å²) in [6.45, 7) is 2.12. The number of aliphatic carboxylic acids is 1. The van der Waals surface area contributed by atoms with Gasteiger partial charge in [-0.15, -0.1) is 0 Å². The average Bonchev–Trinajstić information content (AvgIpc) is 2.36. The molecule has 0 bridgehead atoms. The number of carbonyl (C=O) groups excluding carboxylic acids is 1. The average molecular weight is 251 g/mol. The van der Waals surface area contributed by atoms with Crippen LogP contribution in [0.2, 0.25) is 0 Å². The van der Waals surface area contributed by atoms with E-state index in [1.165, 1.54) is 0 Å². The molecule has 1 rings (SSSR count). The quantitative estimate of drug-likeness (QED) is 0.802. The maximum absolute atomic E-state index is 11.9. The smallest absolute Gasteiger partial charge is 0.326 e. The van der Waals surface area contributed by atoms with Crippen molar-refractivity contribution in [1.29, 1.82) is 0 Å². The van der Waals surface area contributed by atoms with Crippen molar-refractivity contribution in [3.05, 3.63) is 35.4 Å². The fraction of sp³-hybridized carbons (Fsp3) is 0.385. The molecule has 0 unspecified atom stereocenters. The highest BCUT2D eigenvalue weighted by atomic mass is 16.5. The summed E-state index contributed by atoms with van der Waals surface area (Å²) in [5.41, 5.74) is 1.30. The third kappa shape index (κ3) is 3.85. The zero-order valence-corrected chi connectivity index (χ0v) is 10.5. The van der Waals surface area contributed by atoms with Gasteiger partial charge in [-0.2, -0.15) is 0 Å². The predicted octanol–water partition coefficient (Wildman–Crippen LogP) is 1.43. The lowest BCUT2D eigenvalue weighted by Gasteiger charge is -2.12. The molecule has 5 heteroatoms. The van der Waals surface area contributed by atoms with Crippen LogP contribution in [0.1, 0.15) is 29.3 Å². The molecular weight excluding hydrogens is 234 g/mol. The van der Waals surface area contributed by atoms with Crippen LogP contribution in [0.3, 0.4) is 0 Å². The first kappa shape index (κ1) is 14.2. The molecular formula is C13H17NO4. The lowest BCUT2D eigenvalue weighted by molar-refractivity contribution is -0.139. The summed E-state index contributed by atoms with van der Waals surface area (Å²) in [6.07, 6.45) is 0.346. The first-order chi connectivity index (χ1) is 8.58. The van der Waals surface area contributed by atoms with Crippen LogP contribution in [0.5, 0.6) is 0 Å². The molecule has 98 valence electrons. The number of amides is 1. The number of rotatable bonds is 6. The number of carboxylic acids is 1. The minimum Gasteiger partial charge on any atom is -0.480 e. The Balaban J connectivity index is 2.77. The summed E-state index contributed by atoms with van der Waals surface area (Å²) in [4.78, 5) is 22.7. The molecule has 0 radical (unpaired) electrons. The van der Waals surface area contributed by atoms with Crippen LogP contribution in [0.4, 0.5) is 0 Å². The van der Waals surface area contributed by atoms with Crippen molar-refractivity contribution in [3.8, 4) is 0 Å². The fourth-order valence-corrected chi connectivity index (χ4v) is 1.55. The van der Waals surface area contributed by atoms with E-state index in [0.29, 0.717) is 18.6 Å². The van der Waals surface area contributed by atoms with E-state index in [9.17, 15) is 9.59 Å². The van der Waals surface area contributed by atoms with Gasteiger partial charge in [0.2, 0.25) is 0 Å². The van der Waals surface area contributed by atoms with Crippen molar-refractivity contribution in [1.82, 2.24) is 5.32 Å². The number of ether oxygens (including phenoxy) is 1. The van der Waals surface area contributed by atoms with E-state index in [2.05, 4.69) is 5.32 Å². The lowest BCUT2D eigenvalue weighted by atomic mass is 10.1. The van der Waals surface area contributed by atoms with Gasteiger partial charge in [0.25, 0.3) is 5.91 Å². The van der Waals surface area contributed by atoms with E-state index in [0.717, 1.165) is 5.56 Å². The summed E-state index contributed by atoms with van der Waals surface area (Å²) < 4.78 is 4.98. The molecule has 0 aliphatic carbocycles. The Morgan fingerprint density at radius 2 is 2.17 bits per heavy atom. The van der Waals surface area contributed by atoms with Crippen molar-refractivity contribution in [2.24, 2.45) is 0 Å². The third-order valence-electron chi connectivity index (χ3n) is 2.51. The van der Waals surface area contributed by atoms with E-state index in [-0.39, 0.29) is 5.91 Å². The Kier molecular flexibility index (Phi) is 5.32. The van der Waals surface area contributed by atoms with Gasteiger partial charge in [0.05, 0.1) is 6.61 Å². The van der Waals surface area contributed by atoms with Gasteiger partial charge in [-0.3, -0.25) is 4.79 Å². The molecule has 0 heterocycles. The molecule has 5 nitrogen and oxygen atoms in total. The van der Waals surface area contributed by atoms with Gasteiger partial charge >= 0.3 is 5.97 Å².